The molecule has 3 aliphatic heterocycles. The number of amides is 11. The molecule has 0 aromatic carbocycles. The van der Waals surface area contributed by atoms with Crippen molar-refractivity contribution in [2.75, 3.05) is 46.4 Å². The van der Waals surface area contributed by atoms with Gasteiger partial charge in [0.05, 0.1) is 0 Å². The first kappa shape index (κ1) is 81.4. The SMILES string of the molecule is CC#CCCCCC(=O)NCCCNC(=O)OC(C)(C)C.CC#CCCCCC(=O)NCCCNC(=O)ON1C(=O)CCC1=O.CC#CCCCCC(=O)O.CC#CCCCCC(=O)ON1C(=O)CCC1=O.COCCCNC(=O)ON1C(=O)CCC1=O. The highest BCUT2D eigenvalue weighted by Gasteiger charge is 2.34. The fraction of sp³-hybridized carbons (Fsp3) is 0.656. The Morgan fingerprint density at radius 2 is 0.727 bits per heavy atom. The molecule has 0 spiro atoms. The lowest BCUT2D eigenvalue weighted by atomic mass is 10.2. The minimum Gasteiger partial charge on any atom is -0.481 e. The number of hydroxylamine groups is 6. The van der Waals surface area contributed by atoms with Crippen molar-refractivity contribution >= 4 is 77.5 Å². The van der Waals surface area contributed by atoms with Crippen LogP contribution in [-0.4, -0.2) is 150 Å². The Bertz CT molecular complexity index is 2450. The van der Waals surface area contributed by atoms with Crippen LogP contribution in [0.2, 0.25) is 0 Å². The van der Waals surface area contributed by atoms with Crippen molar-refractivity contribution in [1.29, 1.82) is 0 Å². The fourth-order valence-corrected chi connectivity index (χ4v) is 6.73. The monoisotopic (exact) mass is 1240 g/mol. The maximum Gasteiger partial charge on any atom is 0.432 e. The van der Waals surface area contributed by atoms with Gasteiger partial charge in [-0.05, 0) is 119 Å². The average Bonchev–Trinajstić information content (AvgIpc) is 4.29. The normalized spacial score (nSPS) is 12.6. The summed E-state index contributed by atoms with van der Waals surface area (Å²) in [5, 5.41) is 22.8. The minimum absolute atomic E-state index is 0.0321. The molecule has 3 aliphatic rings. The second-order valence-electron chi connectivity index (χ2n) is 19.9. The lowest BCUT2D eigenvalue weighted by Crippen LogP contribution is -2.38. The molecule has 3 heterocycles. The highest BCUT2D eigenvalue weighted by atomic mass is 16.7. The summed E-state index contributed by atoms with van der Waals surface area (Å²) in [6.45, 7) is 15.2. The largest absolute Gasteiger partial charge is 0.481 e. The first-order chi connectivity index (χ1) is 42.0. The number of nitrogens with one attached hydrogen (secondary N) is 5. The minimum atomic E-state index is -0.859. The van der Waals surface area contributed by atoms with E-state index in [1.165, 1.54) is 0 Å². The van der Waals surface area contributed by atoms with E-state index >= 15 is 0 Å². The zero-order chi connectivity index (χ0) is 66.4. The molecule has 3 rings (SSSR count). The smallest absolute Gasteiger partial charge is 0.432 e. The third-order valence-electron chi connectivity index (χ3n) is 11.1. The molecular weight excluding hydrogens is 1150 g/mol. The van der Waals surface area contributed by atoms with E-state index in [4.69, 9.17) is 19.4 Å². The highest BCUT2D eigenvalue weighted by molar-refractivity contribution is 6.02. The van der Waals surface area contributed by atoms with Crippen LogP contribution in [0, 0.1) is 47.4 Å². The lowest BCUT2D eigenvalue weighted by Gasteiger charge is -2.19. The third-order valence-corrected chi connectivity index (χ3v) is 11.1. The number of rotatable bonds is 31. The molecular formula is C61H92N8O19. The zero-order valence-corrected chi connectivity index (χ0v) is 52.6. The van der Waals surface area contributed by atoms with Gasteiger partial charge in [-0.3, -0.25) is 43.2 Å². The number of ether oxygens (including phenoxy) is 2. The summed E-state index contributed by atoms with van der Waals surface area (Å²) in [5.74, 6) is 18.7. The van der Waals surface area contributed by atoms with Gasteiger partial charge in [0.1, 0.15) is 5.60 Å². The van der Waals surface area contributed by atoms with E-state index < -0.39 is 71.3 Å². The van der Waals surface area contributed by atoms with E-state index in [0.29, 0.717) is 86.5 Å². The Labute approximate surface area is 517 Å². The van der Waals surface area contributed by atoms with E-state index in [9.17, 15) is 62.3 Å². The maximum atomic E-state index is 11.5. The molecule has 3 fully saturated rings. The Balaban J connectivity index is 0. The zero-order valence-electron chi connectivity index (χ0n) is 52.6. The molecule has 6 N–H and O–H groups in total. The average molecular weight is 1240 g/mol. The number of carboxylic acid groups (broad SMARTS) is 1. The Morgan fingerprint density at radius 3 is 1.06 bits per heavy atom. The van der Waals surface area contributed by atoms with Gasteiger partial charge in [-0.15, -0.1) is 62.6 Å². The van der Waals surface area contributed by atoms with Crippen LogP contribution in [0.1, 0.15) is 209 Å². The number of alkyl carbamates (subject to hydrolysis) is 1. The summed E-state index contributed by atoms with van der Waals surface area (Å²) in [4.78, 5) is 159. The summed E-state index contributed by atoms with van der Waals surface area (Å²) in [6, 6.07) is 0. The van der Waals surface area contributed by atoms with Crippen LogP contribution in [-0.2, 0) is 71.9 Å². The topological polar surface area (TPSA) is 358 Å². The predicted molar refractivity (Wildman–Crippen MR) is 320 cm³/mol. The molecule has 88 heavy (non-hydrogen) atoms. The van der Waals surface area contributed by atoms with E-state index in [0.717, 1.165) is 70.6 Å². The van der Waals surface area contributed by atoms with Gasteiger partial charge in [0.15, 0.2) is 0 Å². The van der Waals surface area contributed by atoms with Crippen LogP contribution >= 0.6 is 0 Å². The number of carboxylic acids is 1. The molecule has 0 aromatic rings. The first-order valence-corrected chi connectivity index (χ1v) is 29.5. The summed E-state index contributed by atoms with van der Waals surface area (Å²) in [7, 11) is 1.56. The van der Waals surface area contributed by atoms with E-state index in [1.807, 2.05) is 27.7 Å². The van der Waals surface area contributed by atoms with Gasteiger partial charge >= 0.3 is 30.2 Å². The number of carbonyl (C=O) groups excluding carboxylic acids is 12. The number of aliphatic carboxylic acids is 1. The van der Waals surface area contributed by atoms with Gasteiger partial charge in [0, 0.05) is 136 Å². The standard InChI is InChI=1S/C16H23N3O5.C16H28N2O3.C12H15NO4.C9H14N2O5.C8H12O2/c1-2-3-4-5-6-8-13(20)17-11-7-12-18-16(23)24-19-14(21)9-10-15(19)22;1-5-6-7-8-9-11-14(19)17-12-10-13-18-15(20)21-16(2,3)4;1-2-3-4-5-6-7-12(16)17-13-10(14)8-9-11(13)15;1-15-6-2-5-10-9(14)16-11-7(12)3-4-8(11)13;1-2-3-4-5-6-7-8(9)10/h4-12H2,1H3,(H,17,20)(H,18,23);7-13H2,1-4H3,(H,17,19)(H,18,20);4-9H2,1H3;2-6H2,1H3,(H,10,14);4-7H2,1H3,(H,9,10). The third kappa shape index (κ3) is 47.5. The van der Waals surface area contributed by atoms with Crippen molar-refractivity contribution in [3.8, 4) is 47.4 Å². The molecule has 0 saturated carbocycles. The molecule has 0 aliphatic carbocycles. The Hall–Kier alpha value is -8.69. The number of hydrogen-bond donors (Lipinski definition) is 6. The van der Waals surface area contributed by atoms with E-state index in [-0.39, 0.29) is 69.7 Å². The molecule has 0 unspecified atom stereocenters. The van der Waals surface area contributed by atoms with Gasteiger partial charge in [0.25, 0.3) is 35.4 Å². The van der Waals surface area contributed by atoms with Gasteiger partial charge in [-0.25, -0.2) is 19.2 Å². The maximum absolute atomic E-state index is 11.5. The molecule has 0 atom stereocenters. The van der Waals surface area contributed by atoms with Crippen molar-refractivity contribution < 1.29 is 91.4 Å². The number of imide groups is 3. The number of hydrogen-bond acceptors (Lipinski definition) is 18. The van der Waals surface area contributed by atoms with Gasteiger partial charge in [-0.1, -0.05) is 0 Å². The van der Waals surface area contributed by atoms with Crippen LogP contribution in [0.5, 0.6) is 0 Å². The Kier molecular flexibility index (Phi) is 48.7. The first-order valence-electron chi connectivity index (χ1n) is 29.5. The number of methoxy groups -OCH3 is 1. The number of nitrogens with zero attached hydrogens (tertiary/aromatic N) is 3. The van der Waals surface area contributed by atoms with Crippen LogP contribution in [0.3, 0.4) is 0 Å². The van der Waals surface area contributed by atoms with E-state index in [2.05, 4.69) is 83.6 Å². The fourth-order valence-electron chi connectivity index (χ4n) is 6.73. The molecule has 490 valence electrons. The van der Waals surface area contributed by atoms with Gasteiger partial charge in [0.2, 0.25) is 11.8 Å². The van der Waals surface area contributed by atoms with Crippen molar-refractivity contribution in [3.05, 3.63) is 0 Å². The molecule has 3 saturated heterocycles. The number of carbonyl (C=O) groups is 13. The Morgan fingerprint density at radius 1 is 0.420 bits per heavy atom. The predicted octanol–water partition coefficient (Wildman–Crippen LogP) is 6.11. The molecule has 11 amide bonds. The second kappa shape index (κ2) is 52.6. The van der Waals surface area contributed by atoms with Crippen molar-refractivity contribution in [2.24, 2.45) is 0 Å². The molecule has 27 nitrogen and oxygen atoms in total. The molecule has 0 bridgehead atoms. The lowest BCUT2D eigenvalue weighted by molar-refractivity contribution is -0.197. The van der Waals surface area contributed by atoms with Gasteiger partial charge < -0.3 is 55.7 Å². The molecule has 0 radical (unpaired) electrons. The van der Waals surface area contributed by atoms with Crippen LogP contribution in [0.4, 0.5) is 14.4 Å². The molecule has 0 aromatic heterocycles. The summed E-state index contributed by atoms with van der Waals surface area (Å²) < 4.78 is 9.88. The second-order valence-corrected chi connectivity index (χ2v) is 19.9. The summed E-state index contributed by atoms with van der Waals surface area (Å²) in [5.41, 5.74) is -0.486. The number of unbranched alkanes of at least 4 members (excludes halogenated alkanes) is 8. The summed E-state index contributed by atoms with van der Waals surface area (Å²) in [6.07, 6.45) is 11.6. The quantitative estimate of drug-likeness (QED) is 0.0259. The van der Waals surface area contributed by atoms with Crippen LogP contribution < -0.4 is 26.6 Å². The van der Waals surface area contributed by atoms with Crippen molar-refractivity contribution in [3.63, 3.8) is 0 Å². The van der Waals surface area contributed by atoms with Crippen molar-refractivity contribution in [1.82, 2.24) is 41.8 Å². The van der Waals surface area contributed by atoms with Crippen LogP contribution in [0.25, 0.3) is 0 Å². The summed E-state index contributed by atoms with van der Waals surface area (Å²) >= 11 is 0. The van der Waals surface area contributed by atoms with E-state index in [1.54, 1.807) is 27.9 Å². The van der Waals surface area contributed by atoms with Crippen molar-refractivity contribution in [2.45, 2.75) is 215 Å². The van der Waals surface area contributed by atoms with Gasteiger partial charge in [-0.2, -0.15) is 0 Å². The molecule has 27 heteroatoms. The van der Waals surface area contributed by atoms with Crippen LogP contribution in [0.15, 0.2) is 0 Å². The highest BCUT2D eigenvalue weighted by Crippen LogP contribution is 2.15.